The van der Waals surface area contributed by atoms with E-state index in [1.54, 1.807) is 19.2 Å². The number of halogens is 3. The zero-order valence-corrected chi connectivity index (χ0v) is 11.0. The van der Waals surface area contributed by atoms with Gasteiger partial charge in [0.05, 0.1) is 5.02 Å². The molecule has 0 aromatic heterocycles. The fourth-order valence-electron chi connectivity index (χ4n) is 1.66. The molecule has 0 radical (unpaired) electrons. The van der Waals surface area contributed by atoms with Gasteiger partial charge in [-0.05, 0) is 25.2 Å². The van der Waals surface area contributed by atoms with Crippen molar-refractivity contribution in [2.45, 2.75) is 6.54 Å². The number of ether oxygens (including phenoxy) is 1. The van der Waals surface area contributed by atoms with Crippen molar-refractivity contribution in [1.82, 2.24) is 5.32 Å². The molecule has 0 heterocycles. The molecule has 5 heteroatoms. The van der Waals surface area contributed by atoms with Crippen LogP contribution in [0.4, 0.5) is 8.78 Å². The van der Waals surface area contributed by atoms with Crippen LogP contribution in [-0.4, -0.2) is 7.05 Å². The maximum Gasteiger partial charge on any atom is 0.162 e. The number of rotatable bonds is 4. The second kappa shape index (κ2) is 5.99. The minimum Gasteiger partial charge on any atom is -0.455 e. The Labute approximate surface area is 115 Å². The van der Waals surface area contributed by atoms with Gasteiger partial charge in [-0.25, -0.2) is 8.78 Å². The van der Waals surface area contributed by atoms with E-state index in [0.717, 1.165) is 17.7 Å². The molecular formula is C14H12ClF2NO. The molecule has 0 atom stereocenters. The van der Waals surface area contributed by atoms with Crippen LogP contribution in [0.5, 0.6) is 11.5 Å². The summed E-state index contributed by atoms with van der Waals surface area (Å²) < 4.78 is 31.5. The Hall–Kier alpha value is -1.65. The van der Waals surface area contributed by atoms with Crippen molar-refractivity contribution < 1.29 is 13.5 Å². The van der Waals surface area contributed by atoms with E-state index in [-0.39, 0.29) is 5.75 Å². The number of hydrogen-bond acceptors (Lipinski definition) is 2. The predicted octanol–water partition coefficient (Wildman–Crippen LogP) is 4.13. The molecule has 100 valence electrons. The third-order valence-electron chi connectivity index (χ3n) is 2.53. The van der Waals surface area contributed by atoms with E-state index in [9.17, 15) is 8.78 Å². The molecule has 0 bridgehead atoms. The van der Waals surface area contributed by atoms with Crippen LogP contribution in [0.15, 0.2) is 36.4 Å². The maximum absolute atomic E-state index is 13.1. The Morgan fingerprint density at radius 2 is 1.95 bits per heavy atom. The first kappa shape index (κ1) is 13.8. The Kier molecular flexibility index (Phi) is 4.35. The van der Waals surface area contributed by atoms with Gasteiger partial charge in [0.25, 0.3) is 0 Å². The first-order chi connectivity index (χ1) is 9.11. The molecule has 0 fully saturated rings. The molecule has 0 spiro atoms. The Bertz CT molecular complexity index is 590. The summed E-state index contributed by atoms with van der Waals surface area (Å²) in [5, 5.41) is 3.40. The Balaban J connectivity index is 2.34. The van der Waals surface area contributed by atoms with Crippen LogP contribution >= 0.6 is 11.6 Å². The van der Waals surface area contributed by atoms with E-state index in [1.165, 1.54) is 6.07 Å². The molecule has 1 N–H and O–H groups in total. The lowest BCUT2D eigenvalue weighted by Gasteiger charge is -2.12. The average Bonchev–Trinajstić information content (AvgIpc) is 2.38. The van der Waals surface area contributed by atoms with Crippen LogP contribution in [0.25, 0.3) is 0 Å². The maximum atomic E-state index is 13.1. The molecule has 19 heavy (non-hydrogen) atoms. The van der Waals surface area contributed by atoms with Crippen molar-refractivity contribution in [2.24, 2.45) is 0 Å². The molecule has 0 unspecified atom stereocenters. The normalized spacial score (nSPS) is 10.5. The fourth-order valence-corrected chi connectivity index (χ4v) is 1.89. The third kappa shape index (κ3) is 3.22. The summed E-state index contributed by atoms with van der Waals surface area (Å²) >= 11 is 6.07. The van der Waals surface area contributed by atoms with Gasteiger partial charge in [-0.15, -0.1) is 0 Å². The molecule has 0 aliphatic heterocycles. The minimum atomic E-state index is -0.959. The summed E-state index contributed by atoms with van der Waals surface area (Å²) in [6.07, 6.45) is 0. The number of hydrogen-bond donors (Lipinski definition) is 1. The highest BCUT2D eigenvalue weighted by atomic mass is 35.5. The highest BCUT2D eigenvalue weighted by Crippen LogP contribution is 2.33. The van der Waals surface area contributed by atoms with Gasteiger partial charge in [-0.2, -0.15) is 0 Å². The van der Waals surface area contributed by atoms with Gasteiger partial charge < -0.3 is 10.1 Å². The molecule has 2 rings (SSSR count). The first-order valence-electron chi connectivity index (χ1n) is 5.66. The zero-order valence-electron chi connectivity index (χ0n) is 10.2. The van der Waals surface area contributed by atoms with Gasteiger partial charge >= 0.3 is 0 Å². The highest BCUT2D eigenvalue weighted by Gasteiger charge is 2.10. The smallest absolute Gasteiger partial charge is 0.162 e. The second-order valence-corrected chi connectivity index (χ2v) is 4.34. The highest BCUT2D eigenvalue weighted by molar-refractivity contribution is 6.32. The first-order valence-corrected chi connectivity index (χ1v) is 6.04. The molecule has 0 amide bonds. The van der Waals surface area contributed by atoms with Crippen LogP contribution in [0.2, 0.25) is 5.02 Å². The van der Waals surface area contributed by atoms with Crippen LogP contribution in [0.3, 0.4) is 0 Å². The van der Waals surface area contributed by atoms with Gasteiger partial charge in [0.1, 0.15) is 11.5 Å². The lowest BCUT2D eigenvalue weighted by atomic mass is 10.2. The fraction of sp³-hybridized carbons (Fsp3) is 0.143. The van der Waals surface area contributed by atoms with E-state index in [4.69, 9.17) is 16.3 Å². The lowest BCUT2D eigenvalue weighted by molar-refractivity contribution is 0.456. The van der Waals surface area contributed by atoms with Gasteiger partial charge in [-0.1, -0.05) is 23.7 Å². The molecular weight excluding hydrogens is 272 g/mol. The summed E-state index contributed by atoms with van der Waals surface area (Å²) in [5.41, 5.74) is 0.833. The Morgan fingerprint density at radius 1 is 1.16 bits per heavy atom. The average molecular weight is 284 g/mol. The minimum absolute atomic E-state index is 0.198. The zero-order chi connectivity index (χ0) is 13.8. The van der Waals surface area contributed by atoms with E-state index in [2.05, 4.69) is 5.32 Å². The molecule has 0 aliphatic rings. The summed E-state index contributed by atoms with van der Waals surface area (Å²) in [5.74, 6) is -1.24. The van der Waals surface area contributed by atoms with Gasteiger partial charge in [-0.3, -0.25) is 0 Å². The van der Waals surface area contributed by atoms with Gasteiger partial charge in [0.15, 0.2) is 11.6 Å². The van der Waals surface area contributed by atoms with Crippen molar-refractivity contribution in [1.29, 1.82) is 0 Å². The number of para-hydroxylation sites is 1. The van der Waals surface area contributed by atoms with Crippen LogP contribution in [0.1, 0.15) is 5.56 Å². The van der Waals surface area contributed by atoms with Gasteiger partial charge in [0.2, 0.25) is 0 Å². The second-order valence-electron chi connectivity index (χ2n) is 3.94. The van der Waals surface area contributed by atoms with Crippen LogP contribution in [-0.2, 0) is 6.54 Å². The van der Waals surface area contributed by atoms with E-state index in [1.807, 2.05) is 6.07 Å². The van der Waals surface area contributed by atoms with Crippen molar-refractivity contribution in [3.63, 3.8) is 0 Å². The van der Waals surface area contributed by atoms with Gasteiger partial charge in [0, 0.05) is 18.2 Å². The SMILES string of the molecule is CNCc1cccc(Cl)c1Oc1ccc(F)c(F)c1. The molecule has 2 nitrogen and oxygen atoms in total. The topological polar surface area (TPSA) is 21.3 Å². The van der Waals surface area contributed by atoms with Crippen LogP contribution < -0.4 is 10.1 Å². The molecule has 2 aromatic rings. The van der Waals surface area contributed by atoms with Crippen molar-refractivity contribution in [3.8, 4) is 11.5 Å². The monoisotopic (exact) mass is 283 g/mol. The van der Waals surface area contributed by atoms with Crippen molar-refractivity contribution >= 4 is 11.6 Å². The molecule has 0 saturated heterocycles. The van der Waals surface area contributed by atoms with E-state index >= 15 is 0 Å². The quantitative estimate of drug-likeness (QED) is 0.911. The third-order valence-corrected chi connectivity index (χ3v) is 2.82. The summed E-state index contributed by atoms with van der Waals surface area (Å²) in [7, 11) is 1.79. The van der Waals surface area contributed by atoms with Crippen molar-refractivity contribution in [2.75, 3.05) is 7.05 Å². The summed E-state index contributed by atoms with van der Waals surface area (Å²) in [6, 6.07) is 8.67. The van der Waals surface area contributed by atoms with Crippen LogP contribution in [0, 0.1) is 11.6 Å². The predicted molar refractivity (Wildman–Crippen MR) is 70.6 cm³/mol. The molecule has 0 aliphatic carbocycles. The summed E-state index contributed by atoms with van der Waals surface area (Å²) in [4.78, 5) is 0. The van der Waals surface area contributed by atoms with E-state index < -0.39 is 11.6 Å². The lowest BCUT2D eigenvalue weighted by Crippen LogP contribution is -2.06. The van der Waals surface area contributed by atoms with Crippen molar-refractivity contribution in [3.05, 3.63) is 58.6 Å². The molecule has 2 aromatic carbocycles. The molecule has 0 saturated carbocycles. The number of benzene rings is 2. The Morgan fingerprint density at radius 3 is 2.63 bits per heavy atom. The standard InChI is InChI=1S/C14H12ClF2NO/c1-18-8-9-3-2-4-11(15)14(9)19-10-5-6-12(16)13(17)7-10/h2-7,18H,8H2,1H3. The summed E-state index contributed by atoms with van der Waals surface area (Å²) in [6.45, 7) is 0.555. The largest absolute Gasteiger partial charge is 0.455 e. The number of nitrogens with one attached hydrogen (secondary N) is 1. The van der Waals surface area contributed by atoms with E-state index in [0.29, 0.717) is 17.3 Å².